The first kappa shape index (κ1) is 12.9. The molecular formula is C15H26N4O. The Morgan fingerprint density at radius 3 is 1.40 bits per heavy atom. The highest BCUT2D eigenvalue weighted by Gasteiger charge is 2.51. The second-order valence-corrected chi connectivity index (χ2v) is 7.36. The number of carbonyl (C=O) groups excluding carboxylic acids is 1. The number of nitrogens with one attached hydrogen (secondary N) is 2. The van der Waals surface area contributed by atoms with Crippen LogP contribution in [0.4, 0.5) is 4.79 Å². The topological polar surface area (TPSA) is 47.6 Å². The Labute approximate surface area is 121 Å². The molecule has 2 aliphatic carbocycles. The van der Waals surface area contributed by atoms with Crippen molar-refractivity contribution in [2.45, 2.75) is 75.3 Å². The lowest BCUT2D eigenvalue weighted by Gasteiger charge is -2.58. The molecule has 5 heteroatoms. The lowest BCUT2D eigenvalue weighted by atomic mass is 9.79. The number of hydrogen-bond acceptors (Lipinski definition) is 3. The first-order valence-electron chi connectivity index (χ1n) is 8.35. The lowest BCUT2D eigenvalue weighted by molar-refractivity contribution is -0.0764. The molecular weight excluding hydrogens is 252 g/mol. The second-order valence-electron chi connectivity index (χ2n) is 7.36. The van der Waals surface area contributed by atoms with Gasteiger partial charge in [-0.2, -0.15) is 0 Å². The summed E-state index contributed by atoms with van der Waals surface area (Å²) in [4.78, 5) is 12.4. The minimum atomic E-state index is 0.123. The number of carbonyl (C=O) groups is 1. The summed E-state index contributed by atoms with van der Waals surface area (Å²) in [6.07, 6.45) is 12.9. The summed E-state index contributed by atoms with van der Waals surface area (Å²) in [6, 6.07) is 0.123. The molecule has 4 rings (SSSR count). The van der Waals surface area contributed by atoms with Crippen LogP contribution in [-0.4, -0.2) is 40.2 Å². The normalized spacial score (nSPS) is 31.0. The van der Waals surface area contributed by atoms with Gasteiger partial charge in [0.25, 0.3) is 0 Å². The van der Waals surface area contributed by atoms with Crippen molar-refractivity contribution >= 4 is 6.03 Å². The monoisotopic (exact) mass is 278 g/mol. The lowest BCUT2D eigenvalue weighted by Crippen LogP contribution is -2.80. The maximum absolute atomic E-state index is 12.4. The van der Waals surface area contributed by atoms with Gasteiger partial charge in [-0.05, 0) is 25.7 Å². The number of rotatable bonds is 0. The number of nitrogens with zero attached hydrogens (tertiary/aromatic N) is 2. The van der Waals surface area contributed by atoms with Gasteiger partial charge in [0.05, 0.1) is 24.2 Å². The van der Waals surface area contributed by atoms with E-state index in [-0.39, 0.29) is 17.1 Å². The van der Waals surface area contributed by atoms with Crippen molar-refractivity contribution in [2.75, 3.05) is 13.1 Å². The van der Waals surface area contributed by atoms with Gasteiger partial charge in [-0.3, -0.25) is 10.0 Å². The van der Waals surface area contributed by atoms with Gasteiger partial charge in [-0.15, -0.1) is 0 Å². The van der Waals surface area contributed by atoms with Crippen LogP contribution in [0, 0.1) is 0 Å². The molecule has 0 aromatic carbocycles. The van der Waals surface area contributed by atoms with Crippen molar-refractivity contribution in [1.29, 1.82) is 0 Å². The molecule has 2 N–H and O–H groups in total. The quantitative estimate of drug-likeness (QED) is 0.714. The molecule has 4 fully saturated rings. The Morgan fingerprint density at radius 1 is 0.700 bits per heavy atom. The Morgan fingerprint density at radius 2 is 1.05 bits per heavy atom. The predicted octanol–water partition coefficient (Wildman–Crippen LogP) is 2.15. The standard InChI is InChI=1S/C15H26N4O/c20-13(18-11-14(16-18)7-3-1-4-8-14)19-12-15(17-19)9-5-2-6-10-15/h16-17H,1-12H2. The summed E-state index contributed by atoms with van der Waals surface area (Å²) >= 11 is 0. The Bertz CT molecular complexity index is 347. The van der Waals surface area contributed by atoms with Crippen molar-refractivity contribution < 1.29 is 4.79 Å². The number of amides is 2. The van der Waals surface area contributed by atoms with Gasteiger partial charge in [-0.1, -0.05) is 38.5 Å². The van der Waals surface area contributed by atoms with E-state index < -0.39 is 0 Å². The maximum atomic E-state index is 12.4. The molecule has 0 unspecified atom stereocenters. The van der Waals surface area contributed by atoms with Crippen LogP contribution in [0.1, 0.15) is 64.2 Å². The van der Waals surface area contributed by atoms with Gasteiger partial charge in [0.2, 0.25) is 0 Å². The van der Waals surface area contributed by atoms with Crippen molar-refractivity contribution in [1.82, 2.24) is 20.9 Å². The van der Waals surface area contributed by atoms with Gasteiger partial charge in [0, 0.05) is 0 Å². The smallest absolute Gasteiger partial charge is 0.256 e. The van der Waals surface area contributed by atoms with Crippen LogP contribution in [0.5, 0.6) is 0 Å². The average molecular weight is 278 g/mol. The molecule has 2 heterocycles. The summed E-state index contributed by atoms with van der Waals surface area (Å²) in [5.41, 5.74) is 7.38. The molecule has 20 heavy (non-hydrogen) atoms. The van der Waals surface area contributed by atoms with Gasteiger partial charge in [-0.25, -0.2) is 15.6 Å². The number of hydrogen-bond donors (Lipinski definition) is 2. The molecule has 0 radical (unpaired) electrons. The molecule has 2 amide bonds. The summed E-state index contributed by atoms with van der Waals surface area (Å²) in [5.74, 6) is 0. The van der Waals surface area contributed by atoms with E-state index in [0.717, 1.165) is 13.1 Å². The molecule has 5 nitrogen and oxygen atoms in total. The third kappa shape index (κ3) is 2.02. The Balaban J connectivity index is 1.28. The summed E-state index contributed by atoms with van der Waals surface area (Å²) < 4.78 is 0. The molecule has 0 bridgehead atoms. The Hall–Kier alpha value is -0.810. The summed E-state index contributed by atoms with van der Waals surface area (Å²) in [7, 11) is 0. The van der Waals surface area contributed by atoms with Crippen molar-refractivity contribution in [3.8, 4) is 0 Å². The van der Waals surface area contributed by atoms with Gasteiger partial charge < -0.3 is 0 Å². The predicted molar refractivity (Wildman–Crippen MR) is 76.7 cm³/mol. The van der Waals surface area contributed by atoms with E-state index in [1.165, 1.54) is 64.2 Å². The molecule has 0 aromatic heterocycles. The zero-order valence-electron chi connectivity index (χ0n) is 12.3. The van der Waals surface area contributed by atoms with E-state index in [9.17, 15) is 4.79 Å². The molecule has 0 aromatic rings. The SMILES string of the molecule is O=C(N1CC2(CCCCC2)N1)N1CC2(CCCCC2)N1. The van der Waals surface area contributed by atoms with Crippen molar-refractivity contribution in [3.05, 3.63) is 0 Å². The average Bonchev–Trinajstić information content (AvgIpc) is 2.43. The number of urea groups is 1. The second kappa shape index (κ2) is 4.60. The largest absolute Gasteiger partial charge is 0.348 e. The fourth-order valence-corrected chi connectivity index (χ4v) is 4.52. The van der Waals surface area contributed by atoms with Crippen molar-refractivity contribution in [3.63, 3.8) is 0 Å². The van der Waals surface area contributed by atoms with E-state index in [0.29, 0.717) is 0 Å². The highest BCUT2D eigenvalue weighted by molar-refractivity contribution is 5.75. The van der Waals surface area contributed by atoms with Crippen LogP contribution < -0.4 is 10.9 Å². The van der Waals surface area contributed by atoms with E-state index in [4.69, 9.17) is 0 Å². The van der Waals surface area contributed by atoms with Crippen LogP contribution in [0.25, 0.3) is 0 Å². The molecule has 2 spiro atoms. The van der Waals surface area contributed by atoms with Crippen LogP contribution in [0.3, 0.4) is 0 Å². The molecule has 2 saturated heterocycles. The highest BCUT2D eigenvalue weighted by Crippen LogP contribution is 2.37. The molecule has 4 aliphatic rings. The summed E-state index contributed by atoms with van der Waals surface area (Å²) in [5, 5.41) is 3.63. The molecule has 0 atom stereocenters. The van der Waals surface area contributed by atoms with Crippen LogP contribution in [-0.2, 0) is 0 Å². The van der Waals surface area contributed by atoms with Gasteiger partial charge in [0.15, 0.2) is 0 Å². The van der Waals surface area contributed by atoms with E-state index in [2.05, 4.69) is 10.9 Å². The molecule has 112 valence electrons. The van der Waals surface area contributed by atoms with Crippen molar-refractivity contribution in [2.24, 2.45) is 0 Å². The van der Waals surface area contributed by atoms with E-state index in [1.807, 2.05) is 10.0 Å². The zero-order chi connectivity index (χ0) is 13.6. The third-order valence-electron chi connectivity index (χ3n) is 5.75. The molecule has 2 saturated carbocycles. The summed E-state index contributed by atoms with van der Waals surface area (Å²) in [6.45, 7) is 1.80. The minimum absolute atomic E-state index is 0.123. The highest BCUT2D eigenvalue weighted by atomic mass is 16.2. The minimum Gasteiger partial charge on any atom is -0.256 e. The third-order valence-corrected chi connectivity index (χ3v) is 5.75. The van der Waals surface area contributed by atoms with Gasteiger partial charge >= 0.3 is 6.03 Å². The zero-order valence-corrected chi connectivity index (χ0v) is 12.3. The number of hydrazine groups is 2. The Kier molecular flexibility index (Phi) is 2.96. The first-order chi connectivity index (χ1) is 9.71. The fourth-order valence-electron chi connectivity index (χ4n) is 4.52. The molecule has 2 aliphatic heterocycles. The van der Waals surface area contributed by atoms with Crippen LogP contribution >= 0.6 is 0 Å². The maximum Gasteiger partial charge on any atom is 0.348 e. The van der Waals surface area contributed by atoms with E-state index in [1.54, 1.807) is 0 Å². The van der Waals surface area contributed by atoms with E-state index >= 15 is 0 Å². The van der Waals surface area contributed by atoms with Gasteiger partial charge in [0.1, 0.15) is 0 Å². The van der Waals surface area contributed by atoms with Crippen LogP contribution in [0.2, 0.25) is 0 Å². The fraction of sp³-hybridized carbons (Fsp3) is 0.933. The van der Waals surface area contributed by atoms with Crippen LogP contribution in [0.15, 0.2) is 0 Å². The first-order valence-corrected chi connectivity index (χ1v) is 8.35.